The summed E-state index contributed by atoms with van der Waals surface area (Å²) in [5.74, 6) is -2.60. The second-order valence-electron chi connectivity index (χ2n) is 6.49. The standard InChI is InChI=1S/C18H17F2N3OS/c19-18(20)8-5-12(6-9-18)23-14-7-10-21-17(24)15(14)16(22-23)11-1-3-13(25)4-2-11/h1-4,7,10,12,25H,5-6,8-9H2,(H,21,24). The number of alkyl halides is 2. The summed E-state index contributed by atoms with van der Waals surface area (Å²) in [7, 11) is 0. The highest BCUT2D eigenvalue weighted by molar-refractivity contribution is 7.80. The molecule has 3 aromatic rings. The molecule has 25 heavy (non-hydrogen) atoms. The van der Waals surface area contributed by atoms with Gasteiger partial charge >= 0.3 is 0 Å². The Morgan fingerprint density at radius 2 is 1.84 bits per heavy atom. The molecule has 0 atom stereocenters. The predicted octanol–water partition coefficient (Wildman–Crippen LogP) is 4.43. The molecular formula is C18H17F2N3OS. The number of aromatic amines is 1. The highest BCUT2D eigenvalue weighted by atomic mass is 32.1. The van der Waals surface area contributed by atoms with E-state index in [0.29, 0.717) is 29.4 Å². The first-order chi connectivity index (χ1) is 11.9. The summed E-state index contributed by atoms with van der Waals surface area (Å²) < 4.78 is 28.7. The van der Waals surface area contributed by atoms with Crippen LogP contribution in [0.2, 0.25) is 0 Å². The quantitative estimate of drug-likeness (QED) is 0.664. The number of pyridine rings is 1. The van der Waals surface area contributed by atoms with Crippen molar-refractivity contribution in [1.29, 1.82) is 0 Å². The van der Waals surface area contributed by atoms with Crippen LogP contribution < -0.4 is 5.56 Å². The van der Waals surface area contributed by atoms with Crippen molar-refractivity contribution >= 4 is 23.5 Å². The van der Waals surface area contributed by atoms with Crippen LogP contribution in [0.15, 0.2) is 46.2 Å². The molecule has 0 spiro atoms. The largest absolute Gasteiger partial charge is 0.328 e. The molecule has 1 aromatic carbocycles. The van der Waals surface area contributed by atoms with Gasteiger partial charge in [0, 0.05) is 29.5 Å². The number of H-pyrrole nitrogens is 1. The Labute approximate surface area is 148 Å². The number of fused-ring (bicyclic) bond motifs is 1. The zero-order chi connectivity index (χ0) is 17.6. The third-order valence-electron chi connectivity index (χ3n) is 4.80. The van der Waals surface area contributed by atoms with Crippen LogP contribution in [0.4, 0.5) is 8.78 Å². The van der Waals surface area contributed by atoms with E-state index in [1.54, 1.807) is 16.9 Å². The highest BCUT2D eigenvalue weighted by Crippen LogP contribution is 2.40. The van der Waals surface area contributed by atoms with E-state index in [0.717, 1.165) is 10.5 Å². The van der Waals surface area contributed by atoms with Crippen molar-refractivity contribution in [1.82, 2.24) is 14.8 Å². The third-order valence-corrected chi connectivity index (χ3v) is 5.10. The molecule has 0 amide bonds. The van der Waals surface area contributed by atoms with Crippen LogP contribution in [0.5, 0.6) is 0 Å². The van der Waals surface area contributed by atoms with Crippen molar-refractivity contribution in [2.75, 3.05) is 0 Å². The first-order valence-electron chi connectivity index (χ1n) is 8.22. The van der Waals surface area contributed by atoms with Gasteiger partial charge in [0.1, 0.15) is 5.69 Å². The minimum Gasteiger partial charge on any atom is -0.328 e. The van der Waals surface area contributed by atoms with Crippen molar-refractivity contribution in [3.8, 4) is 11.3 Å². The van der Waals surface area contributed by atoms with E-state index >= 15 is 0 Å². The van der Waals surface area contributed by atoms with Crippen LogP contribution >= 0.6 is 12.6 Å². The summed E-state index contributed by atoms with van der Waals surface area (Å²) in [5, 5.41) is 5.14. The Morgan fingerprint density at radius 3 is 2.52 bits per heavy atom. The van der Waals surface area contributed by atoms with Gasteiger partial charge in [-0.25, -0.2) is 8.78 Å². The molecule has 0 unspecified atom stereocenters. The number of nitrogens with zero attached hydrogens (tertiary/aromatic N) is 2. The average Bonchev–Trinajstić information content (AvgIpc) is 2.97. The molecule has 4 rings (SSSR count). The molecule has 0 bridgehead atoms. The highest BCUT2D eigenvalue weighted by Gasteiger charge is 2.36. The molecule has 0 aliphatic heterocycles. The van der Waals surface area contributed by atoms with Gasteiger partial charge in [0.05, 0.1) is 16.9 Å². The molecule has 2 aromatic heterocycles. The first-order valence-corrected chi connectivity index (χ1v) is 8.66. The molecule has 4 nitrogen and oxygen atoms in total. The van der Waals surface area contributed by atoms with Gasteiger partial charge in [0.2, 0.25) is 5.92 Å². The van der Waals surface area contributed by atoms with Gasteiger partial charge in [-0.3, -0.25) is 9.48 Å². The summed E-state index contributed by atoms with van der Waals surface area (Å²) >= 11 is 4.28. The Bertz CT molecular complexity index is 968. The van der Waals surface area contributed by atoms with Crippen LogP contribution in [0, 0.1) is 0 Å². The van der Waals surface area contributed by atoms with Crippen LogP contribution in [-0.2, 0) is 0 Å². The fourth-order valence-electron chi connectivity index (χ4n) is 3.47. The zero-order valence-corrected chi connectivity index (χ0v) is 14.3. The van der Waals surface area contributed by atoms with Gasteiger partial charge in [-0.1, -0.05) is 12.1 Å². The molecule has 2 heterocycles. The number of thiol groups is 1. The number of hydrogen-bond donors (Lipinski definition) is 2. The van der Waals surface area contributed by atoms with Crippen molar-refractivity contribution in [3.63, 3.8) is 0 Å². The maximum Gasteiger partial charge on any atom is 0.259 e. The molecule has 1 N–H and O–H groups in total. The van der Waals surface area contributed by atoms with E-state index in [9.17, 15) is 13.6 Å². The second kappa shape index (κ2) is 5.98. The van der Waals surface area contributed by atoms with Gasteiger partial charge in [0.15, 0.2) is 0 Å². The van der Waals surface area contributed by atoms with Gasteiger partial charge in [-0.05, 0) is 31.0 Å². The Kier molecular flexibility index (Phi) is 3.91. The van der Waals surface area contributed by atoms with Gasteiger partial charge in [-0.15, -0.1) is 12.6 Å². The smallest absolute Gasteiger partial charge is 0.259 e. The molecule has 7 heteroatoms. The second-order valence-corrected chi connectivity index (χ2v) is 7.01. The van der Waals surface area contributed by atoms with Gasteiger partial charge in [-0.2, -0.15) is 5.10 Å². The first kappa shape index (κ1) is 16.3. The summed E-state index contributed by atoms with van der Waals surface area (Å²) in [6.07, 6.45) is 1.98. The van der Waals surface area contributed by atoms with E-state index in [-0.39, 0.29) is 24.4 Å². The predicted molar refractivity (Wildman–Crippen MR) is 95.5 cm³/mol. The van der Waals surface area contributed by atoms with Crippen LogP contribution in [-0.4, -0.2) is 20.7 Å². The monoisotopic (exact) mass is 361 g/mol. The number of rotatable bonds is 2. The Balaban J connectivity index is 1.85. The molecule has 0 radical (unpaired) electrons. The minimum absolute atomic E-state index is 0.123. The lowest BCUT2D eigenvalue weighted by Gasteiger charge is -2.28. The fourth-order valence-corrected chi connectivity index (χ4v) is 3.62. The number of halogens is 2. The van der Waals surface area contributed by atoms with Crippen molar-refractivity contribution < 1.29 is 8.78 Å². The lowest BCUT2D eigenvalue weighted by Crippen LogP contribution is -2.26. The molecule has 1 aliphatic rings. The number of aromatic nitrogens is 3. The Hall–Kier alpha value is -2.15. The lowest BCUT2D eigenvalue weighted by atomic mass is 9.92. The molecular weight excluding hydrogens is 344 g/mol. The molecule has 1 aliphatic carbocycles. The Morgan fingerprint density at radius 1 is 1.16 bits per heavy atom. The maximum absolute atomic E-state index is 13.5. The maximum atomic E-state index is 13.5. The van der Waals surface area contributed by atoms with Crippen LogP contribution in [0.25, 0.3) is 22.2 Å². The van der Waals surface area contributed by atoms with Crippen molar-refractivity contribution in [3.05, 3.63) is 46.9 Å². The van der Waals surface area contributed by atoms with E-state index < -0.39 is 5.92 Å². The van der Waals surface area contributed by atoms with Crippen LogP contribution in [0.3, 0.4) is 0 Å². The normalized spacial score (nSPS) is 17.9. The zero-order valence-electron chi connectivity index (χ0n) is 13.4. The van der Waals surface area contributed by atoms with E-state index in [1.807, 2.05) is 24.3 Å². The lowest BCUT2D eigenvalue weighted by molar-refractivity contribution is -0.0445. The summed E-state index contributed by atoms with van der Waals surface area (Å²) in [4.78, 5) is 15.9. The van der Waals surface area contributed by atoms with Crippen LogP contribution in [0.1, 0.15) is 31.7 Å². The summed E-state index contributed by atoms with van der Waals surface area (Å²) in [6.45, 7) is 0. The van der Waals surface area contributed by atoms with Crippen molar-refractivity contribution in [2.24, 2.45) is 0 Å². The van der Waals surface area contributed by atoms with Gasteiger partial charge < -0.3 is 4.98 Å². The molecule has 0 saturated heterocycles. The fraction of sp³-hybridized carbons (Fsp3) is 0.333. The van der Waals surface area contributed by atoms with E-state index in [1.165, 1.54) is 0 Å². The molecule has 1 fully saturated rings. The summed E-state index contributed by atoms with van der Waals surface area (Å²) in [5.41, 5.74) is 1.83. The number of benzene rings is 1. The van der Waals surface area contributed by atoms with E-state index in [2.05, 4.69) is 22.7 Å². The van der Waals surface area contributed by atoms with Crippen molar-refractivity contribution in [2.45, 2.75) is 42.5 Å². The molecule has 130 valence electrons. The third kappa shape index (κ3) is 2.97. The molecule has 1 saturated carbocycles. The minimum atomic E-state index is -2.60. The average molecular weight is 361 g/mol. The van der Waals surface area contributed by atoms with Gasteiger partial charge in [0.25, 0.3) is 5.56 Å². The topological polar surface area (TPSA) is 50.7 Å². The van der Waals surface area contributed by atoms with E-state index in [4.69, 9.17) is 0 Å². The number of nitrogens with one attached hydrogen (secondary N) is 1. The summed E-state index contributed by atoms with van der Waals surface area (Å²) in [6, 6.07) is 9.05. The number of hydrogen-bond acceptors (Lipinski definition) is 3. The SMILES string of the molecule is O=c1[nH]ccc2c1c(-c1ccc(S)cc1)nn2C1CCC(F)(F)CC1.